The molecule has 9 unspecified atom stereocenters. The highest BCUT2D eigenvalue weighted by Gasteiger charge is 2.44. The minimum absolute atomic E-state index is 0.242. The lowest BCUT2D eigenvalue weighted by Gasteiger charge is -2.40. The Bertz CT molecular complexity index is 1200. The molecule has 0 aromatic heterocycles. The molecule has 9 atom stereocenters. The number of ether oxygens (including phenoxy) is 2. The van der Waals surface area contributed by atoms with Crippen molar-refractivity contribution in [2.45, 2.75) is 306 Å². The molecule has 0 aromatic carbocycles. The molecule has 0 spiro atoms. The standard InChI is InChI=1S/C57H107NO10/c1-3-5-7-9-11-13-14-15-16-17-18-19-20-21-22-23-24-25-26-27-28-29-30-31-32-33-34-35-37-38-40-42-44-49(60)52(62)48(47-67-57-55(65)54(64)53(63)51(46-59)68-57)58-56(66)50(61)45-43-41-39-36-12-10-8-6-4-2/h28-29,32-33,37-38,48-55,57,59-65H,3-27,30-31,34-36,39-47H2,1-2H3,(H,58,66)/b29-28+,33-32+,38-37+. The summed E-state index contributed by atoms with van der Waals surface area (Å²) in [6.07, 6.45) is 45.4. The lowest BCUT2D eigenvalue weighted by Crippen LogP contribution is -2.60. The van der Waals surface area contributed by atoms with Crippen molar-refractivity contribution in [3.05, 3.63) is 36.5 Å². The summed E-state index contributed by atoms with van der Waals surface area (Å²) in [6.45, 7) is 3.40. The lowest BCUT2D eigenvalue weighted by atomic mass is 9.98. The van der Waals surface area contributed by atoms with Crippen molar-refractivity contribution in [3.63, 3.8) is 0 Å². The van der Waals surface area contributed by atoms with Crippen molar-refractivity contribution >= 4 is 5.91 Å². The Balaban J connectivity index is 2.24. The van der Waals surface area contributed by atoms with Gasteiger partial charge in [0.25, 0.3) is 0 Å². The molecule has 8 N–H and O–H groups in total. The van der Waals surface area contributed by atoms with Gasteiger partial charge in [0.1, 0.15) is 36.6 Å². The number of allylic oxidation sites excluding steroid dienone is 6. The van der Waals surface area contributed by atoms with Gasteiger partial charge in [-0.3, -0.25) is 4.79 Å². The predicted octanol–water partition coefficient (Wildman–Crippen LogP) is 11.5. The minimum atomic E-state index is -1.67. The summed E-state index contributed by atoms with van der Waals surface area (Å²) in [7, 11) is 0. The first-order valence-corrected chi connectivity index (χ1v) is 28.4. The normalized spacial score (nSPS) is 20.8. The fraction of sp³-hybridized carbons (Fsp3) is 0.877. The SMILES string of the molecule is CCCCCCCCCCCCCCCCCCCCC/C=C/CC/C=C/CC/C=C/CCCC(O)C(O)C(COC1OC(CO)C(O)C(O)C1O)NC(=O)C(O)CCCCCCCCCCC. The second-order valence-electron chi connectivity index (χ2n) is 20.0. The van der Waals surface area contributed by atoms with Gasteiger partial charge in [0, 0.05) is 0 Å². The van der Waals surface area contributed by atoms with Gasteiger partial charge in [0.2, 0.25) is 5.91 Å². The van der Waals surface area contributed by atoms with E-state index in [0.717, 1.165) is 44.9 Å². The maximum atomic E-state index is 13.0. The highest BCUT2D eigenvalue weighted by Crippen LogP contribution is 2.23. The number of aliphatic hydroxyl groups excluding tert-OH is 7. The first-order valence-electron chi connectivity index (χ1n) is 28.4. The van der Waals surface area contributed by atoms with Gasteiger partial charge in [-0.25, -0.2) is 0 Å². The second kappa shape index (κ2) is 46.4. The van der Waals surface area contributed by atoms with Crippen LogP contribution < -0.4 is 5.32 Å². The molecule has 0 aromatic rings. The zero-order valence-electron chi connectivity index (χ0n) is 43.6. The van der Waals surface area contributed by atoms with Gasteiger partial charge in [-0.05, 0) is 64.2 Å². The maximum Gasteiger partial charge on any atom is 0.249 e. The van der Waals surface area contributed by atoms with Gasteiger partial charge in [-0.1, -0.05) is 224 Å². The van der Waals surface area contributed by atoms with Crippen LogP contribution in [0.15, 0.2) is 36.5 Å². The number of amides is 1. The van der Waals surface area contributed by atoms with Gasteiger partial charge in [-0.2, -0.15) is 0 Å². The summed E-state index contributed by atoms with van der Waals surface area (Å²) in [5.74, 6) is -0.715. The van der Waals surface area contributed by atoms with E-state index in [1.165, 1.54) is 161 Å². The van der Waals surface area contributed by atoms with Crippen LogP contribution in [0.5, 0.6) is 0 Å². The Morgan fingerprint density at radius 3 is 1.31 bits per heavy atom. The number of carbonyl (C=O) groups is 1. The van der Waals surface area contributed by atoms with Crippen LogP contribution in [0.25, 0.3) is 0 Å². The molecule has 1 saturated heterocycles. The van der Waals surface area contributed by atoms with Crippen LogP contribution in [-0.4, -0.2) is 110 Å². The van der Waals surface area contributed by atoms with Crippen LogP contribution in [-0.2, 0) is 14.3 Å². The summed E-state index contributed by atoms with van der Waals surface area (Å²) in [6, 6.07) is -1.19. The molecule has 1 aliphatic heterocycles. The highest BCUT2D eigenvalue weighted by atomic mass is 16.7. The monoisotopic (exact) mass is 966 g/mol. The molecule has 400 valence electrons. The fourth-order valence-electron chi connectivity index (χ4n) is 9.00. The van der Waals surface area contributed by atoms with Crippen LogP contribution in [0.4, 0.5) is 0 Å². The molecule has 1 amide bonds. The third kappa shape index (κ3) is 34.6. The van der Waals surface area contributed by atoms with Gasteiger partial charge >= 0.3 is 0 Å². The molecule has 1 aliphatic rings. The predicted molar refractivity (Wildman–Crippen MR) is 279 cm³/mol. The molecule has 0 aliphatic carbocycles. The Hall–Kier alpha value is -1.67. The fourth-order valence-corrected chi connectivity index (χ4v) is 9.00. The van der Waals surface area contributed by atoms with E-state index in [2.05, 4.69) is 55.6 Å². The second-order valence-corrected chi connectivity index (χ2v) is 20.0. The molecule has 0 saturated carbocycles. The number of hydrogen-bond donors (Lipinski definition) is 8. The number of rotatable bonds is 48. The van der Waals surface area contributed by atoms with E-state index < -0.39 is 74.2 Å². The van der Waals surface area contributed by atoms with Crippen LogP contribution >= 0.6 is 0 Å². The van der Waals surface area contributed by atoms with Crippen molar-refractivity contribution in [2.75, 3.05) is 13.2 Å². The van der Waals surface area contributed by atoms with Gasteiger partial charge in [0.15, 0.2) is 6.29 Å². The van der Waals surface area contributed by atoms with Crippen LogP contribution in [0.3, 0.4) is 0 Å². The quantitative estimate of drug-likeness (QED) is 0.0215. The lowest BCUT2D eigenvalue weighted by molar-refractivity contribution is -0.303. The summed E-state index contributed by atoms with van der Waals surface area (Å²) >= 11 is 0. The smallest absolute Gasteiger partial charge is 0.249 e. The molecule has 1 heterocycles. The van der Waals surface area contributed by atoms with Gasteiger partial charge < -0.3 is 50.5 Å². The molecular weight excluding hydrogens is 859 g/mol. The molecule has 11 heteroatoms. The van der Waals surface area contributed by atoms with E-state index in [9.17, 15) is 40.5 Å². The number of aliphatic hydroxyl groups is 7. The first-order chi connectivity index (χ1) is 33.2. The van der Waals surface area contributed by atoms with E-state index in [0.29, 0.717) is 19.3 Å². The number of unbranched alkanes of at least 4 members (excludes halogenated alkanes) is 30. The first kappa shape index (κ1) is 64.3. The Morgan fingerprint density at radius 2 is 0.882 bits per heavy atom. The van der Waals surface area contributed by atoms with Crippen molar-refractivity contribution in [1.82, 2.24) is 5.32 Å². The Kier molecular flexibility index (Phi) is 43.9. The summed E-state index contributed by atoms with van der Waals surface area (Å²) in [5, 5.41) is 75.7. The highest BCUT2D eigenvalue weighted by molar-refractivity contribution is 5.80. The third-order valence-electron chi connectivity index (χ3n) is 13.7. The molecule has 11 nitrogen and oxygen atoms in total. The van der Waals surface area contributed by atoms with Crippen LogP contribution in [0.1, 0.15) is 251 Å². The van der Waals surface area contributed by atoms with Crippen molar-refractivity contribution in [3.8, 4) is 0 Å². The number of hydrogen-bond acceptors (Lipinski definition) is 10. The topological polar surface area (TPSA) is 189 Å². The Morgan fingerprint density at radius 1 is 0.500 bits per heavy atom. The van der Waals surface area contributed by atoms with E-state index >= 15 is 0 Å². The number of nitrogens with one attached hydrogen (secondary N) is 1. The van der Waals surface area contributed by atoms with Gasteiger partial charge in [0.05, 0.1) is 25.4 Å². The van der Waals surface area contributed by atoms with Gasteiger partial charge in [-0.15, -0.1) is 0 Å². The molecular formula is C57H107NO10. The van der Waals surface area contributed by atoms with Crippen LogP contribution in [0, 0.1) is 0 Å². The summed E-state index contributed by atoms with van der Waals surface area (Å²) in [5.41, 5.74) is 0. The third-order valence-corrected chi connectivity index (χ3v) is 13.7. The molecule has 1 rings (SSSR count). The Labute approximate surface area is 416 Å². The minimum Gasteiger partial charge on any atom is -0.394 e. The van der Waals surface area contributed by atoms with E-state index in [-0.39, 0.29) is 12.8 Å². The summed E-state index contributed by atoms with van der Waals surface area (Å²) in [4.78, 5) is 13.0. The maximum absolute atomic E-state index is 13.0. The van der Waals surface area contributed by atoms with Crippen molar-refractivity contribution in [1.29, 1.82) is 0 Å². The molecule has 0 bridgehead atoms. The zero-order valence-corrected chi connectivity index (χ0v) is 43.6. The molecule has 1 fully saturated rings. The summed E-state index contributed by atoms with van der Waals surface area (Å²) < 4.78 is 11.1. The van der Waals surface area contributed by atoms with E-state index in [4.69, 9.17) is 9.47 Å². The largest absolute Gasteiger partial charge is 0.394 e. The van der Waals surface area contributed by atoms with E-state index in [1.54, 1.807) is 0 Å². The number of carbonyl (C=O) groups excluding carboxylic acids is 1. The van der Waals surface area contributed by atoms with Crippen molar-refractivity contribution in [2.24, 2.45) is 0 Å². The average molecular weight is 966 g/mol. The van der Waals surface area contributed by atoms with E-state index in [1.807, 2.05) is 0 Å². The average Bonchev–Trinajstić information content (AvgIpc) is 3.34. The zero-order chi connectivity index (χ0) is 49.7. The molecule has 68 heavy (non-hydrogen) atoms. The van der Waals surface area contributed by atoms with Crippen LogP contribution in [0.2, 0.25) is 0 Å². The van der Waals surface area contributed by atoms with Crippen molar-refractivity contribution < 1.29 is 50.0 Å². The molecule has 0 radical (unpaired) electrons.